The quantitative estimate of drug-likeness (QED) is 0.539. The molecule has 19 heavy (non-hydrogen) atoms. The van der Waals surface area contributed by atoms with Crippen LogP contribution in [0.3, 0.4) is 0 Å². The fraction of sp³-hybridized carbons (Fsp3) is 0.500. The van der Waals surface area contributed by atoms with E-state index in [-0.39, 0.29) is 23.2 Å². The van der Waals surface area contributed by atoms with Crippen LogP contribution in [0.5, 0.6) is 0 Å². The topological polar surface area (TPSA) is 125 Å². The minimum absolute atomic E-state index is 0.0782. The van der Waals surface area contributed by atoms with Crippen LogP contribution in [-0.4, -0.2) is 49.7 Å². The SMILES string of the molecule is O=C(O)c1cn([C@H]2C[C@H](O)[C@@H](CO)O2)c(=O)[nH]c1=S. The lowest BCUT2D eigenvalue weighted by Crippen LogP contribution is -2.29. The van der Waals surface area contributed by atoms with Crippen molar-refractivity contribution >= 4 is 18.2 Å². The fourth-order valence-electron chi connectivity index (χ4n) is 1.90. The number of aromatic carboxylic acids is 1. The highest BCUT2D eigenvalue weighted by atomic mass is 32.1. The Morgan fingerprint density at radius 3 is 2.84 bits per heavy atom. The molecule has 0 amide bonds. The van der Waals surface area contributed by atoms with Gasteiger partial charge in [0.2, 0.25) is 0 Å². The molecule has 0 spiro atoms. The van der Waals surface area contributed by atoms with Crippen molar-refractivity contribution in [2.45, 2.75) is 24.9 Å². The Balaban J connectivity index is 2.41. The first-order valence-electron chi connectivity index (χ1n) is 5.47. The van der Waals surface area contributed by atoms with Crippen LogP contribution in [0.2, 0.25) is 0 Å². The molecule has 0 saturated carbocycles. The third kappa shape index (κ3) is 2.59. The molecule has 4 N–H and O–H groups in total. The lowest BCUT2D eigenvalue weighted by atomic mass is 10.2. The van der Waals surface area contributed by atoms with Crippen LogP contribution in [0.1, 0.15) is 23.0 Å². The van der Waals surface area contributed by atoms with Crippen molar-refractivity contribution in [3.8, 4) is 0 Å². The van der Waals surface area contributed by atoms with Gasteiger partial charge in [-0.25, -0.2) is 9.59 Å². The average Bonchev–Trinajstić information content (AvgIpc) is 2.69. The van der Waals surface area contributed by atoms with Crippen molar-refractivity contribution in [3.05, 3.63) is 26.9 Å². The summed E-state index contributed by atoms with van der Waals surface area (Å²) in [5.41, 5.74) is -0.870. The molecule has 1 aromatic heterocycles. The molecule has 1 aliphatic heterocycles. The first kappa shape index (κ1) is 13.9. The van der Waals surface area contributed by atoms with Gasteiger partial charge in [-0.2, -0.15) is 0 Å². The molecule has 3 atom stereocenters. The second-order valence-corrected chi connectivity index (χ2v) is 4.54. The van der Waals surface area contributed by atoms with E-state index in [0.717, 1.165) is 10.8 Å². The van der Waals surface area contributed by atoms with Gasteiger partial charge in [-0.1, -0.05) is 12.2 Å². The van der Waals surface area contributed by atoms with Crippen molar-refractivity contribution in [1.82, 2.24) is 9.55 Å². The molecule has 0 aliphatic carbocycles. The monoisotopic (exact) mass is 288 g/mol. The van der Waals surface area contributed by atoms with Crippen molar-refractivity contribution in [3.63, 3.8) is 0 Å². The van der Waals surface area contributed by atoms with Crippen molar-refractivity contribution in [2.24, 2.45) is 0 Å². The first-order chi connectivity index (χ1) is 8.93. The number of ether oxygens (including phenoxy) is 1. The van der Waals surface area contributed by atoms with Crippen LogP contribution in [-0.2, 0) is 4.74 Å². The summed E-state index contributed by atoms with van der Waals surface area (Å²) in [5.74, 6) is -1.27. The Hall–Kier alpha value is -1.55. The second kappa shape index (κ2) is 5.21. The normalized spacial score (nSPS) is 26.5. The number of aliphatic hydroxyl groups excluding tert-OH is 2. The highest BCUT2D eigenvalue weighted by Gasteiger charge is 2.35. The summed E-state index contributed by atoms with van der Waals surface area (Å²) in [7, 11) is 0. The molecule has 1 aliphatic rings. The maximum absolute atomic E-state index is 11.7. The number of carbonyl (C=O) groups is 1. The predicted octanol–water partition coefficient (Wildman–Crippen LogP) is -0.755. The molecule has 1 fully saturated rings. The lowest BCUT2D eigenvalue weighted by Gasteiger charge is -2.14. The van der Waals surface area contributed by atoms with Crippen LogP contribution in [0.25, 0.3) is 0 Å². The van der Waals surface area contributed by atoms with E-state index in [4.69, 9.17) is 27.2 Å². The fourth-order valence-corrected chi connectivity index (χ4v) is 2.13. The molecule has 0 unspecified atom stereocenters. The zero-order valence-corrected chi connectivity index (χ0v) is 10.5. The maximum atomic E-state index is 11.7. The van der Waals surface area contributed by atoms with E-state index < -0.39 is 30.1 Å². The summed E-state index contributed by atoms with van der Waals surface area (Å²) in [6.07, 6.45) is -1.41. The number of hydrogen-bond acceptors (Lipinski definition) is 6. The number of aromatic nitrogens is 2. The smallest absolute Gasteiger partial charge is 0.340 e. The summed E-state index contributed by atoms with van der Waals surface area (Å²) in [4.78, 5) is 24.9. The van der Waals surface area contributed by atoms with Gasteiger partial charge in [0.1, 0.15) is 22.5 Å². The maximum Gasteiger partial charge on any atom is 0.340 e. The largest absolute Gasteiger partial charge is 0.478 e. The van der Waals surface area contributed by atoms with E-state index in [9.17, 15) is 14.7 Å². The van der Waals surface area contributed by atoms with Gasteiger partial charge >= 0.3 is 11.7 Å². The van der Waals surface area contributed by atoms with Gasteiger partial charge in [-0.3, -0.25) is 9.55 Å². The summed E-state index contributed by atoms with van der Waals surface area (Å²) < 4.78 is 6.12. The van der Waals surface area contributed by atoms with Gasteiger partial charge in [0.25, 0.3) is 0 Å². The van der Waals surface area contributed by atoms with Gasteiger partial charge < -0.3 is 20.1 Å². The molecule has 9 heteroatoms. The Morgan fingerprint density at radius 2 is 2.32 bits per heavy atom. The minimum Gasteiger partial charge on any atom is -0.478 e. The molecular weight excluding hydrogens is 276 g/mol. The van der Waals surface area contributed by atoms with Gasteiger partial charge in [-0.05, 0) is 0 Å². The third-order valence-electron chi connectivity index (χ3n) is 2.89. The van der Waals surface area contributed by atoms with Crippen LogP contribution in [0, 0.1) is 4.64 Å². The van der Waals surface area contributed by atoms with Crippen LogP contribution in [0.4, 0.5) is 0 Å². The van der Waals surface area contributed by atoms with E-state index in [2.05, 4.69) is 4.98 Å². The number of hydrogen-bond donors (Lipinski definition) is 4. The van der Waals surface area contributed by atoms with Gasteiger partial charge in [0.05, 0.1) is 12.7 Å². The predicted molar refractivity (Wildman–Crippen MR) is 64.5 cm³/mol. The van der Waals surface area contributed by atoms with Crippen LogP contribution in [0.15, 0.2) is 11.0 Å². The van der Waals surface area contributed by atoms with E-state index in [1.165, 1.54) is 0 Å². The molecule has 0 bridgehead atoms. The van der Waals surface area contributed by atoms with E-state index in [0.29, 0.717) is 0 Å². The lowest BCUT2D eigenvalue weighted by molar-refractivity contribution is -0.0459. The Kier molecular flexibility index (Phi) is 3.80. The number of nitrogens with zero attached hydrogens (tertiary/aromatic N) is 1. The zero-order valence-electron chi connectivity index (χ0n) is 9.65. The molecule has 2 rings (SSSR count). The van der Waals surface area contributed by atoms with Gasteiger partial charge in [0, 0.05) is 12.6 Å². The number of carboxylic acid groups (broad SMARTS) is 1. The molecule has 1 aromatic rings. The Morgan fingerprint density at radius 1 is 1.63 bits per heavy atom. The van der Waals surface area contributed by atoms with E-state index >= 15 is 0 Å². The number of rotatable bonds is 3. The second-order valence-electron chi connectivity index (χ2n) is 4.13. The zero-order chi connectivity index (χ0) is 14.2. The summed E-state index contributed by atoms with van der Waals surface area (Å²) >= 11 is 4.74. The molecule has 8 nitrogen and oxygen atoms in total. The number of aliphatic hydroxyl groups is 2. The van der Waals surface area contributed by atoms with Crippen LogP contribution >= 0.6 is 12.2 Å². The number of carboxylic acids is 1. The molecule has 0 aromatic carbocycles. The standard InChI is InChI=1S/C10H12N2O6S/c13-3-6-5(14)1-7(18-6)12-2-4(9(15)16)8(19)11-10(12)17/h2,5-7,13-14H,1,3H2,(H,15,16)(H,11,17,19)/t5-,6+,7+/m0/s1. The number of aromatic amines is 1. The van der Waals surface area contributed by atoms with E-state index in [1.54, 1.807) is 0 Å². The Labute approximate surface area is 111 Å². The minimum atomic E-state index is -1.27. The highest BCUT2D eigenvalue weighted by molar-refractivity contribution is 7.71. The number of nitrogens with one attached hydrogen (secondary N) is 1. The molecule has 104 valence electrons. The molecule has 0 radical (unpaired) electrons. The Bertz CT molecular complexity index is 609. The summed E-state index contributed by atoms with van der Waals surface area (Å²) in [6.45, 7) is -0.388. The van der Waals surface area contributed by atoms with E-state index in [1.807, 2.05) is 0 Å². The van der Waals surface area contributed by atoms with Gasteiger partial charge in [-0.15, -0.1) is 0 Å². The molecule has 2 heterocycles. The van der Waals surface area contributed by atoms with Crippen molar-refractivity contribution in [2.75, 3.05) is 6.61 Å². The first-order valence-corrected chi connectivity index (χ1v) is 5.88. The number of H-pyrrole nitrogens is 1. The molecule has 1 saturated heterocycles. The highest BCUT2D eigenvalue weighted by Crippen LogP contribution is 2.27. The summed E-state index contributed by atoms with van der Waals surface area (Å²) in [5, 5.41) is 27.5. The summed E-state index contributed by atoms with van der Waals surface area (Å²) in [6, 6.07) is 0. The van der Waals surface area contributed by atoms with Crippen molar-refractivity contribution < 1.29 is 24.9 Å². The molecular formula is C10H12N2O6S. The van der Waals surface area contributed by atoms with Crippen molar-refractivity contribution in [1.29, 1.82) is 0 Å². The third-order valence-corrected chi connectivity index (χ3v) is 3.21. The van der Waals surface area contributed by atoms with Crippen LogP contribution < -0.4 is 5.69 Å². The van der Waals surface area contributed by atoms with Gasteiger partial charge in [0.15, 0.2) is 0 Å². The average molecular weight is 288 g/mol.